The van der Waals surface area contributed by atoms with Crippen LogP contribution in [0.3, 0.4) is 0 Å². The van der Waals surface area contributed by atoms with Crippen molar-refractivity contribution in [1.29, 1.82) is 0 Å². The van der Waals surface area contributed by atoms with Gasteiger partial charge in [-0.1, -0.05) is 41.9 Å². The van der Waals surface area contributed by atoms with Gasteiger partial charge in [0.05, 0.1) is 7.11 Å². The zero-order chi connectivity index (χ0) is 13.7. The van der Waals surface area contributed by atoms with Crippen LogP contribution in [0.15, 0.2) is 28.7 Å². The molecule has 1 unspecified atom stereocenters. The van der Waals surface area contributed by atoms with E-state index in [9.17, 15) is 9.59 Å². The number of ether oxygens (including phenoxy) is 1. The fourth-order valence-corrected chi connectivity index (χ4v) is 1.62. The fraction of sp³-hybridized carbons (Fsp3) is 0.385. The molecular formula is C13H16BrNO3. The van der Waals surface area contributed by atoms with Crippen molar-refractivity contribution in [3.05, 3.63) is 34.3 Å². The Kier molecular flexibility index (Phi) is 5.34. The lowest BCUT2D eigenvalue weighted by Crippen LogP contribution is -2.36. The Balaban J connectivity index is 2.95. The summed E-state index contributed by atoms with van der Waals surface area (Å²) in [6.45, 7) is 3.54. The van der Waals surface area contributed by atoms with Crippen molar-refractivity contribution in [2.24, 2.45) is 5.92 Å². The second-order valence-electron chi connectivity index (χ2n) is 4.17. The highest BCUT2D eigenvalue weighted by Gasteiger charge is 2.24. The standard InChI is InChI=1S/C13H16BrNO3/c1-8(2)12(16)15-11(13(17)18-3)9-4-6-10(14)7-5-9/h4-8,11H,1-3H3,(H,15,16). The third-order valence-corrected chi connectivity index (χ3v) is 2.98. The molecule has 1 atom stereocenters. The van der Waals surface area contributed by atoms with Gasteiger partial charge in [0.15, 0.2) is 6.04 Å². The summed E-state index contributed by atoms with van der Waals surface area (Å²) < 4.78 is 5.62. The van der Waals surface area contributed by atoms with Crippen molar-refractivity contribution in [2.45, 2.75) is 19.9 Å². The molecule has 1 aromatic carbocycles. The molecule has 0 heterocycles. The first-order valence-electron chi connectivity index (χ1n) is 5.59. The lowest BCUT2D eigenvalue weighted by molar-refractivity contribution is -0.145. The molecule has 0 saturated heterocycles. The van der Waals surface area contributed by atoms with Crippen LogP contribution >= 0.6 is 15.9 Å². The predicted octanol–water partition coefficient (Wildman–Crippen LogP) is 2.44. The highest BCUT2D eigenvalue weighted by molar-refractivity contribution is 9.10. The highest BCUT2D eigenvalue weighted by atomic mass is 79.9. The molecule has 18 heavy (non-hydrogen) atoms. The molecule has 0 bridgehead atoms. The summed E-state index contributed by atoms with van der Waals surface area (Å²) in [5, 5.41) is 2.67. The van der Waals surface area contributed by atoms with E-state index in [0.29, 0.717) is 5.56 Å². The number of nitrogens with one attached hydrogen (secondary N) is 1. The summed E-state index contributed by atoms with van der Waals surface area (Å²) in [5.41, 5.74) is 0.694. The van der Waals surface area contributed by atoms with Gasteiger partial charge in [0.2, 0.25) is 5.91 Å². The van der Waals surface area contributed by atoms with Crippen molar-refractivity contribution in [3.63, 3.8) is 0 Å². The van der Waals surface area contributed by atoms with E-state index in [1.54, 1.807) is 26.0 Å². The second kappa shape index (κ2) is 6.54. The van der Waals surface area contributed by atoms with Gasteiger partial charge in [0, 0.05) is 10.4 Å². The van der Waals surface area contributed by atoms with Crippen LogP contribution in [0, 0.1) is 5.92 Å². The molecule has 0 aliphatic carbocycles. The highest BCUT2D eigenvalue weighted by Crippen LogP contribution is 2.18. The summed E-state index contributed by atoms with van der Waals surface area (Å²) in [4.78, 5) is 23.4. The largest absolute Gasteiger partial charge is 0.467 e. The lowest BCUT2D eigenvalue weighted by Gasteiger charge is -2.18. The SMILES string of the molecule is COC(=O)C(NC(=O)C(C)C)c1ccc(Br)cc1. The van der Waals surface area contributed by atoms with Crippen LogP contribution in [0.25, 0.3) is 0 Å². The van der Waals surface area contributed by atoms with Gasteiger partial charge in [-0.2, -0.15) is 0 Å². The third-order valence-electron chi connectivity index (χ3n) is 2.45. The topological polar surface area (TPSA) is 55.4 Å². The molecule has 0 radical (unpaired) electrons. The Morgan fingerprint density at radius 1 is 1.22 bits per heavy atom. The predicted molar refractivity (Wildman–Crippen MR) is 71.9 cm³/mol. The van der Waals surface area contributed by atoms with E-state index in [-0.39, 0.29) is 11.8 Å². The molecule has 1 N–H and O–H groups in total. The molecule has 98 valence electrons. The molecule has 4 nitrogen and oxygen atoms in total. The zero-order valence-electron chi connectivity index (χ0n) is 10.6. The monoisotopic (exact) mass is 313 g/mol. The van der Waals surface area contributed by atoms with Crippen molar-refractivity contribution < 1.29 is 14.3 Å². The van der Waals surface area contributed by atoms with Gasteiger partial charge in [-0.15, -0.1) is 0 Å². The quantitative estimate of drug-likeness (QED) is 0.869. The summed E-state index contributed by atoms with van der Waals surface area (Å²) in [6, 6.07) is 6.40. The molecule has 0 spiro atoms. The second-order valence-corrected chi connectivity index (χ2v) is 5.09. The molecule has 0 aliphatic heterocycles. The summed E-state index contributed by atoms with van der Waals surface area (Å²) >= 11 is 3.32. The van der Waals surface area contributed by atoms with Crippen LogP contribution in [-0.4, -0.2) is 19.0 Å². The minimum absolute atomic E-state index is 0.187. The fourth-order valence-electron chi connectivity index (χ4n) is 1.36. The molecule has 1 aromatic rings. The van der Waals surface area contributed by atoms with Crippen LogP contribution in [0.1, 0.15) is 25.5 Å². The zero-order valence-corrected chi connectivity index (χ0v) is 12.2. The van der Waals surface area contributed by atoms with Crippen LogP contribution in [-0.2, 0) is 14.3 Å². The van der Waals surface area contributed by atoms with E-state index in [1.807, 2.05) is 12.1 Å². The number of hydrogen-bond acceptors (Lipinski definition) is 3. The Morgan fingerprint density at radius 2 is 1.78 bits per heavy atom. The van der Waals surface area contributed by atoms with Gasteiger partial charge in [-0.25, -0.2) is 4.79 Å². The molecular weight excluding hydrogens is 298 g/mol. The Hall–Kier alpha value is -1.36. The normalized spacial score (nSPS) is 12.1. The molecule has 0 saturated carbocycles. The number of carbonyl (C=O) groups excluding carboxylic acids is 2. The molecule has 5 heteroatoms. The molecule has 1 rings (SSSR count). The van der Waals surface area contributed by atoms with Gasteiger partial charge in [0.25, 0.3) is 0 Å². The minimum Gasteiger partial charge on any atom is -0.467 e. The Labute approximate surface area is 115 Å². The Bertz CT molecular complexity index is 428. The van der Waals surface area contributed by atoms with Crippen molar-refractivity contribution in [1.82, 2.24) is 5.32 Å². The maximum absolute atomic E-state index is 11.7. The number of esters is 1. The molecule has 0 aromatic heterocycles. The van der Waals surface area contributed by atoms with E-state index < -0.39 is 12.0 Å². The summed E-state index contributed by atoms with van der Waals surface area (Å²) in [5.74, 6) is -0.854. The van der Waals surface area contributed by atoms with Crippen LogP contribution in [0.5, 0.6) is 0 Å². The minimum atomic E-state index is -0.766. The van der Waals surface area contributed by atoms with Crippen molar-refractivity contribution >= 4 is 27.8 Å². The van der Waals surface area contributed by atoms with E-state index in [0.717, 1.165) is 4.47 Å². The van der Waals surface area contributed by atoms with E-state index in [2.05, 4.69) is 21.2 Å². The average molecular weight is 314 g/mol. The lowest BCUT2D eigenvalue weighted by atomic mass is 10.1. The van der Waals surface area contributed by atoms with E-state index in [1.165, 1.54) is 7.11 Å². The van der Waals surface area contributed by atoms with Crippen molar-refractivity contribution in [3.8, 4) is 0 Å². The van der Waals surface area contributed by atoms with Gasteiger partial charge in [0.1, 0.15) is 0 Å². The van der Waals surface area contributed by atoms with Gasteiger partial charge in [-0.3, -0.25) is 4.79 Å². The smallest absolute Gasteiger partial charge is 0.333 e. The first-order valence-corrected chi connectivity index (χ1v) is 6.38. The Morgan fingerprint density at radius 3 is 2.22 bits per heavy atom. The summed E-state index contributed by atoms with van der Waals surface area (Å²) in [7, 11) is 1.30. The van der Waals surface area contributed by atoms with Crippen LogP contribution in [0.2, 0.25) is 0 Å². The van der Waals surface area contributed by atoms with Gasteiger partial charge >= 0.3 is 5.97 Å². The maximum atomic E-state index is 11.7. The number of carbonyl (C=O) groups is 2. The number of hydrogen-bond donors (Lipinski definition) is 1. The number of halogens is 1. The number of rotatable bonds is 4. The van der Waals surface area contributed by atoms with Crippen LogP contribution < -0.4 is 5.32 Å². The van der Waals surface area contributed by atoms with Crippen molar-refractivity contribution in [2.75, 3.05) is 7.11 Å². The summed E-state index contributed by atoms with van der Waals surface area (Å²) in [6.07, 6.45) is 0. The first-order chi connectivity index (χ1) is 8.45. The number of amides is 1. The molecule has 0 fully saturated rings. The van der Waals surface area contributed by atoms with E-state index >= 15 is 0 Å². The average Bonchev–Trinajstić information content (AvgIpc) is 2.35. The van der Waals surface area contributed by atoms with Gasteiger partial charge < -0.3 is 10.1 Å². The first kappa shape index (κ1) is 14.7. The number of methoxy groups -OCH3 is 1. The molecule has 1 amide bonds. The number of benzene rings is 1. The maximum Gasteiger partial charge on any atom is 0.333 e. The molecule has 0 aliphatic rings. The van der Waals surface area contributed by atoms with Gasteiger partial charge in [-0.05, 0) is 17.7 Å². The third kappa shape index (κ3) is 3.84. The van der Waals surface area contributed by atoms with Crippen LogP contribution in [0.4, 0.5) is 0 Å². The van der Waals surface area contributed by atoms with E-state index in [4.69, 9.17) is 4.74 Å².